The molecule has 10 heteroatoms. The highest BCUT2D eigenvalue weighted by atomic mass is 32.2. The summed E-state index contributed by atoms with van der Waals surface area (Å²) in [5, 5.41) is 6.99. The molecule has 1 aromatic heterocycles. The lowest BCUT2D eigenvalue weighted by Gasteiger charge is -2.16. The molecule has 9 nitrogen and oxygen atoms in total. The van der Waals surface area contributed by atoms with Gasteiger partial charge < -0.3 is 15.0 Å². The summed E-state index contributed by atoms with van der Waals surface area (Å²) in [7, 11) is -1.75. The van der Waals surface area contributed by atoms with Crippen molar-refractivity contribution in [2.24, 2.45) is 0 Å². The van der Waals surface area contributed by atoms with Crippen molar-refractivity contribution in [1.82, 2.24) is 14.7 Å². The van der Waals surface area contributed by atoms with E-state index < -0.39 is 21.7 Å². The van der Waals surface area contributed by atoms with Gasteiger partial charge in [0.1, 0.15) is 11.6 Å². The molecule has 0 spiro atoms. The van der Waals surface area contributed by atoms with Crippen molar-refractivity contribution in [1.29, 1.82) is 0 Å². The molecule has 2 aliphatic heterocycles. The quantitative estimate of drug-likeness (QED) is 0.760. The zero-order valence-electron chi connectivity index (χ0n) is 15.3. The van der Waals surface area contributed by atoms with Crippen molar-refractivity contribution in [2.75, 3.05) is 25.5 Å². The van der Waals surface area contributed by atoms with Gasteiger partial charge in [-0.1, -0.05) is 0 Å². The molecule has 1 N–H and O–H groups in total. The minimum Gasteiger partial charge on any atom is -0.497 e. The molecule has 1 aromatic carbocycles. The highest BCUT2D eigenvalue weighted by molar-refractivity contribution is 7.90. The number of nitrogens with zero attached hydrogens (tertiary/aromatic N) is 3. The molecule has 1 fully saturated rings. The monoisotopic (exact) mass is 404 g/mol. The largest absolute Gasteiger partial charge is 0.497 e. The van der Waals surface area contributed by atoms with Crippen molar-refractivity contribution in [2.45, 2.75) is 24.3 Å². The Kier molecular flexibility index (Phi) is 4.58. The first-order chi connectivity index (χ1) is 13.4. The summed E-state index contributed by atoms with van der Waals surface area (Å²) < 4.78 is 30.6. The number of aromatic nitrogens is 2. The average Bonchev–Trinajstić information content (AvgIpc) is 3.37. The van der Waals surface area contributed by atoms with Crippen LogP contribution in [0.2, 0.25) is 0 Å². The number of carbonyl (C=O) groups is 2. The summed E-state index contributed by atoms with van der Waals surface area (Å²) in [6, 6.07) is 6.96. The first-order valence-electron chi connectivity index (χ1n) is 8.94. The molecule has 0 aliphatic carbocycles. The van der Waals surface area contributed by atoms with Gasteiger partial charge in [0, 0.05) is 18.7 Å². The fourth-order valence-electron chi connectivity index (χ4n) is 3.51. The van der Waals surface area contributed by atoms with E-state index in [0.29, 0.717) is 35.8 Å². The van der Waals surface area contributed by atoms with Crippen molar-refractivity contribution in [3.05, 3.63) is 35.5 Å². The number of methoxy groups -OCH3 is 1. The highest BCUT2D eigenvalue weighted by Crippen LogP contribution is 2.33. The average molecular weight is 404 g/mol. The van der Waals surface area contributed by atoms with Crippen LogP contribution in [0.15, 0.2) is 24.3 Å². The molecule has 28 heavy (non-hydrogen) atoms. The van der Waals surface area contributed by atoms with Gasteiger partial charge in [0.05, 0.1) is 30.0 Å². The minimum absolute atomic E-state index is 0.186. The van der Waals surface area contributed by atoms with E-state index in [1.807, 2.05) is 0 Å². The number of anilines is 1. The summed E-state index contributed by atoms with van der Waals surface area (Å²) >= 11 is 0. The summed E-state index contributed by atoms with van der Waals surface area (Å²) in [4.78, 5) is 26.4. The van der Waals surface area contributed by atoms with Crippen LogP contribution in [0.5, 0.6) is 5.75 Å². The fourth-order valence-corrected chi connectivity index (χ4v) is 5.00. The third kappa shape index (κ3) is 3.35. The third-order valence-electron chi connectivity index (χ3n) is 4.92. The second-order valence-electron chi connectivity index (χ2n) is 6.87. The Bertz CT molecular complexity index is 1040. The number of ether oxygens (including phenoxy) is 1. The van der Waals surface area contributed by atoms with Crippen LogP contribution < -0.4 is 10.1 Å². The SMILES string of the molecule is COc1ccc(-n2nc3c(c2NC(=O)C(=O)N2CCCC2)CS(=O)(=O)C3)cc1. The van der Waals surface area contributed by atoms with Gasteiger partial charge in [-0.2, -0.15) is 5.10 Å². The Labute approximate surface area is 162 Å². The molecule has 2 aromatic rings. The van der Waals surface area contributed by atoms with E-state index in [4.69, 9.17) is 4.74 Å². The van der Waals surface area contributed by atoms with E-state index >= 15 is 0 Å². The number of amides is 2. The van der Waals surface area contributed by atoms with Crippen LogP contribution in [-0.2, 0) is 30.9 Å². The van der Waals surface area contributed by atoms with Gasteiger partial charge in [0.15, 0.2) is 9.84 Å². The smallest absolute Gasteiger partial charge is 0.315 e. The van der Waals surface area contributed by atoms with E-state index in [1.54, 1.807) is 31.4 Å². The van der Waals surface area contributed by atoms with Crippen LogP contribution in [0, 0.1) is 0 Å². The standard InChI is InChI=1S/C18H20N4O5S/c1-27-13-6-4-12(5-7-13)22-16(14-10-28(25,26)11-15(14)20-22)19-17(23)18(24)21-8-2-3-9-21/h4-7H,2-3,8-11H2,1H3,(H,19,23). The van der Waals surface area contributed by atoms with Crippen LogP contribution in [0.1, 0.15) is 24.1 Å². The molecule has 2 amide bonds. The molecule has 3 heterocycles. The number of benzene rings is 1. The first-order valence-corrected chi connectivity index (χ1v) is 10.8. The maximum Gasteiger partial charge on any atom is 0.315 e. The number of hydrogen-bond donors (Lipinski definition) is 1. The molecule has 0 atom stereocenters. The van der Waals surface area contributed by atoms with Crippen LogP contribution in [0.25, 0.3) is 5.69 Å². The summed E-state index contributed by atoms with van der Waals surface area (Å²) in [5.41, 5.74) is 1.44. The molecule has 0 bridgehead atoms. The summed E-state index contributed by atoms with van der Waals surface area (Å²) in [6.07, 6.45) is 1.74. The van der Waals surface area contributed by atoms with Gasteiger partial charge in [0.25, 0.3) is 0 Å². The van der Waals surface area contributed by atoms with E-state index in [9.17, 15) is 18.0 Å². The number of hydrogen-bond acceptors (Lipinski definition) is 6. The van der Waals surface area contributed by atoms with Crippen molar-refractivity contribution < 1.29 is 22.7 Å². The molecule has 0 unspecified atom stereocenters. The van der Waals surface area contributed by atoms with Gasteiger partial charge in [0.2, 0.25) is 0 Å². The molecule has 1 saturated heterocycles. The molecule has 4 rings (SSSR count). The Balaban J connectivity index is 1.69. The van der Waals surface area contributed by atoms with Crippen molar-refractivity contribution in [3.63, 3.8) is 0 Å². The van der Waals surface area contributed by atoms with Crippen LogP contribution in [0.3, 0.4) is 0 Å². The molecular formula is C18H20N4O5S. The van der Waals surface area contributed by atoms with E-state index in [1.165, 1.54) is 9.58 Å². The maximum absolute atomic E-state index is 12.5. The van der Waals surface area contributed by atoms with Crippen molar-refractivity contribution in [3.8, 4) is 11.4 Å². The highest BCUT2D eigenvalue weighted by Gasteiger charge is 2.34. The van der Waals surface area contributed by atoms with Gasteiger partial charge in [-0.3, -0.25) is 9.59 Å². The molecular weight excluding hydrogens is 384 g/mol. The Hall–Kier alpha value is -2.88. The summed E-state index contributed by atoms with van der Waals surface area (Å²) in [5.74, 6) is -0.932. The van der Waals surface area contributed by atoms with Crippen LogP contribution in [0.4, 0.5) is 5.82 Å². The number of likely N-dealkylation sites (tertiary alicyclic amines) is 1. The molecule has 2 aliphatic rings. The maximum atomic E-state index is 12.5. The minimum atomic E-state index is -3.31. The van der Waals surface area contributed by atoms with Gasteiger partial charge in [-0.25, -0.2) is 13.1 Å². The molecule has 0 radical (unpaired) electrons. The number of sulfone groups is 1. The van der Waals surface area contributed by atoms with Gasteiger partial charge in [-0.15, -0.1) is 0 Å². The Morgan fingerprint density at radius 3 is 2.43 bits per heavy atom. The fraction of sp³-hybridized carbons (Fsp3) is 0.389. The molecule has 148 valence electrons. The summed E-state index contributed by atoms with van der Waals surface area (Å²) in [6.45, 7) is 1.10. The number of fused-ring (bicyclic) bond motifs is 1. The Morgan fingerprint density at radius 2 is 1.79 bits per heavy atom. The van der Waals surface area contributed by atoms with E-state index in [2.05, 4.69) is 10.4 Å². The zero-order valence-corrected chi connectivity index (χ0v) is 16.2. The number of carbonyl (C=O) groups excluding carboxylic acids is 2. The second kappa shape index (κ2) is 6.93. The lowest BCUT2D eigenvalue weighted by molar-refractivity contribution is -0.142. The predicted octanol–water partition coefficient (Wildman–Crippen LogP) is 0.870. The lowest BCUT2D eigenvalue weighted by atomic mass is 10.2. The first kappa shape index (κ1) is 18.5. The number of rotatable bonds is 3. The number of nitrogens with one attached hydrogen (secondary N) is 1. The van der Waals surface area contributed by atoms with Crippen molar-refractivity contribution >= 4 is 27.5 Å². The molecule has 0 saturated carbocycles. The van der Waals surface area contributed by atoms with E-state index in [-0.39, 0.29) is 17.3 Å². The zero-order chi connectivity index (χ0) is 19.9. The lowest BCUT2D eigenvalue weighted by Crippen LogP contribution is -2.38. The Morgan fingerprint density at radius 1 is 1.11 bits per heavy atom. The van der Waals surface area contributed by atoms with Gasteiger partial charge in [-0.05, 0) is 37.1 Å². The van der Waals surface area contributed by atoms with E-state index in [0.717, 1.165) is 12.8 Å². The second-order valence-corrected chi connectivity index (χ2v) is 8.93. The topological polar surface area (TPSA) is 111 Å². The van der Waals surface area contributed by atoms with Crippen LogP contribution >= 0.6 is 0 Å². The predicted molar refractivity (Wildman–Crippen MR) is 101 cm³/mol. The van der Waals surface area contributed by atoms with Crippen LogP contribution in [-0.4, -0.2) is 55.1 Å². The normalized spacial score (nSPS) is 17.4. The third-order valence-corrected chi connectivity index (χ3v) is 6.37. The van der Waals surface area contributed by atoms with Gasteiger partial charge >= 0.3 is 11.8 Å².